The third-order valence-corrected chi connectivity index (χ3v) is 3.49. The number of carbonyl (C=O) groups excluding carboxylic acids is 1. The van der Waals surface area contributed by atoms with Gasteiger partial charge in [0.05, 0.1) is 17.4 Å². The lowest BCUT2D eigenvalue weighted by atomic mass is 10.1. The van der Waals surface area contributed by atoms with Crippen molar-refractivity contribution < 1.29 is 14.3 Å². The summed E-state index contributed by atoms with van der Waals surface area (Å²) in [6.07, 6.45) is 1.79. The zero-order valence-corrected chi connectivity index (χ0v) is 14.6. The number of nitrogens with zero attached hydrogens (tertiary/aromatic N) is 1. The molecule has 1 atom stereocenters. The van der Waals surface area contributed by atoms with E-state index in [0.29, 0.717) is 23.6 Å². The minimum Gasteiger partial charge on any atom is -0.491 e. The van der Waals surface area contributed by atoms with Gasteiger partial charge in [0.25, 0.3) is 5.91 Å². The van der Waals surface area contributed by atoms with Gasteiger partial charge in [0.15, 0.2) is 0 Å². The molecule has 0 saturated heterocycles. The average molecular weight is 318 g/mol. The molecule has 0 fully saturated rings. The highest BCUT2D eigenvalue weighted by molar-refractivity contribution is 5.97. The molecular weight excluding hydrogens is 292 g/mol. The number of nitrogens with one attached hydrogen (secondary N) is 1. The van der Waals surface area contributed by atoms with Crippen LogP contribution in [0.2, 0.25) is 0 Å². The molecular formula is C18H26N2O3. The summed E-state index contributed by atoms with van der Waals surface area (Å²) in [5.74, 6) is 0.341. The fourth-order valence-corrected chi connectivity index (χ4v) is 1.81. The van der Waals surface area contributed by atoms with Crippen LogP contribution >= 0.6 is 0 Å². The highest BCUT2D eigenvalue weighted by atomic mass is 16.5. The molecule has 1 amide bonds. The molecule has 0 aliphatic rings. The number of amides is 1. The summed E-state index contributed by atoms with van der Waals surface area (Å²) in [6, 6.07) is 7.17. The molecule has 0 radical (unpaired) electrons. The topological polar surface area (TPSA) is 71.3 Å². The van der Waals surface area contributed by atoms with E-state index >= 15 is 0 Å². The van der Waals surface area contributed by atoms with Gasteiger partial charge in [0, 0.05) is 12.7 Å². The van der Waals surface area contributed by atoms with Crippen LogP contribution in [0.15, 0.2) is 18.2 Å². The molecule has 0 bridgehead atoms. The van der Waals surface area contributed by atoms with Crippen LogP contribution in [0.1, 0.15) is 53.0 Å². The second-order valence-corrected chi connectivity index (χ2v) is 5.97. The minimum atomic E-state index is -0.950. The molecule has 1 rings (SSSR count). The van der Waals surface area contributed by atoms with Crippen LogP contribution in [-0.2, 0) is 9.53 Å². The fourth-order valence-electron chi connectivity index (χ4n) is 1.81. The Morgan fingerprint density at radius 3 is 2.65 bits per heavy atom. The van der Waals surface area contributed by atoms with E-state index in [2.05, 4.69) is 11.4 Å². The molecule has 5 nitrogen and oxygen atoms in total. The van der Waals surface area contributed by atoms with Gasteiger partial charge in [-0.1, -0.05) is 13.8 Å². The third kappa shape index (κ3) is 5.57. The van der Waals surface area contributed by atoms with Gasteiger partial charge in [0.1, 0.15) is 17.4 Å². The summed E-state index contributed by atoms with van der Waals surface area (Å²) in [4.78, 5) is 12.3. The molecule has 0 aliphatic heterocycles. The summed E-state index contributed by atoms with van der Waals surface area (Å²) >= 11 is 0. The first-order valence-electron chi connectivity index (χ1n) is 8.00. The summed E-state index contributed by atoms with van der Waals surface area (Å²) in [6.45, 7) is 9.91. The molecule has 1 N–H and O–H groups in total. The zero-order chi connectivity index (χ0) is 17.5. The van der Waals surface area contributed by atoms with Crippen LogP contribution in [-0.4, -0.2) is 24.2 Å². The van der Waals surface area contributed by atoms with Gasteiger partial charge in [0.2, 0.25) is 0 Å². The number of anilines is 1. The van der Waals surface area contributed by atoms with E-state index < -0.39 is 5.60 Å². The molecule has 1 aromatic carbocycles. The van der Waals surface area contributed by atoms with Crippen molar-refractivity contribution in [2.45, 2.75) is 59.2 Å². The Bertz CT molecular complexity index is 576. The van der Waals surface area contributed by atoms with Crippen LogP contribution in [0.4, 0.5) is 5.69 Å². The fraction of sp³-hybridized carbons (Fsp3) is 0.556. The second-order valence-electron chi connectivity index (χ2n) is 5.97. The molecule has 0 saturated carbocycles. The number of carbonyl (C=O) groups is 1. The van der Waals surface area contributed by atoms with Crippen LogP contribution in [0.5, 0.6) is 5.75 Å². The van der Waals surface area contributed by atoms with Gasteiger partial charge in [-0.25, -0.2) is 0 Å². The smallest absolute Gasteiger partial charge is 0.256 e. The zero-order valence-electron chi connectivity index (χ0n) is 14.6. The first-order chi connectivity index (χ1) is 10.8. The van der Waals surface area contributed by atoms with Crippen molar-refractivity contribution in [3.8, 4) is 11.8 Å². The summed E-state index contributed by atoms with van der Waals surface area (Å²) in [5, 5.41) is 12.1. The first kappa shape index (κ1) is 19.0. The van der Waals surface area contributed by atoms with E-state index in [1.165, 1.54) is 0 Å². The average Bonchev–Trinajstić information content (AvgIpc) is 2.53. The van der Waals surface area contributed by atoms with E-state index in [9.17, 15) is 10.1 Å². The van der Waals surface area contributed by atoms with Crippen molar-refractivity contribution in [3.63, 3.8) is 0 Å². The van der Waals surface area contributed by atoms with Crippen molar-refractivity contribution in [2.75, 3.05) is 11.9 Å². The maximum atomic E-state index is 12.3. The normalized spacial score (nSPS) is 12.3. The van der Waals surface area contributed by atoms with Gasteiger partial charge < -0.3 is 14.8 Å². The van der Waals surface area contributed by atoms with Crippen molar-refractivity contribution in [2.24, 2.45) is 0 Å². The van der Waals surface area contributed by atoms with Crippen molar-refractivity contribution in [3.05, 3.63) is 23.8 Å². The second kappa shape index (κ2) is 8.54. The van der Waals surface area contributed by atoms with Gasteiger partial charge in [-0.2, -0.15) is 5.26 Å². The van der Waals surface area contributed by atoms with E-state index in [1.54, 1.807) is 32.0 Å². The monoisotopic (exact) mass is 318 g/mol. The molecule has 0 aliphatic carbocycles. The quantitative estimate of drug-likeness (QED) is 0.789. The van der Waals surface area contributed by atoms with Gasteiger partial charge >= 0.3 is 0 Å². The van der Waals surface area contributed by atoms with Gasteiger partial charge in [-0.05, 0) is 45.7 Å². The lowest BCUT2D eigenvalue weighted by Crippen LogP contribution is -2.40. The Hall–Kier alpha value is -2.06. The van der Waals surface area contributed by atoms with Crippen LogP contribution in [0.25, 0.3) is 0 Å². The van der Waals surface area contributed by atoms with Crippen molar-refractivity contribution in [1.29, 1.82) is 5.26 Å². The molecule has 0 aromatic heterocycles. The Morgan fingerprint density at radius 2 is 2.09 bits per heavy atom. The predicted molar refractivity (Wildman–Crippen MR) is 90.5 cm³/mol. The molecule has 0 unspecified atom stereocenters. The number of nitriles is 1. The number of rotatable bonds is 8. The molecule has 126 valence electrons. The van der Waals surface area contributed by atoms with E-state index in [-0.39, 0.29) is 12.0 Å². The molecule has 23 heavy (non-hydrogen) atoms. The summed E-state index contributed by atoms with van der Waals surface area (Å²) < 4.78 is 11.3. The Kier molecular flexibility index (Phi) is 7.05. The minimum absolute atomic E-state index is 0.0726. The SMILES string of the molecule is CCCOC(C)(C)C(=O)Nc1ccc(O[C@@H](C)CC)cc1C#N. The summed E-state index contributed by atoms with van der Waals surface area (Å²) in [5.41, 5.74) is -0.123. The predicted octanol–water partition coefficient (Wildman–Crippen LogP) is 3.88. The summed E-state index contributed by atoms with van der Waals surface area (Å²) in [7, 11) is 0. The molecule has 0 heterocycles. The highest BCUT2D eigenvalue weighted by Gasteiger charge is 2.28. The Labute approximate surface area is 138 Å². The lowest BCUT2D eigenvalue weighted by Gasteiger charge is -2.24. The maximum absolute atomic E-state index is 12.3. The highest BCUT2D eigenvalue weighted by Crippen LogP contribution is 2.24. The number of hydrogen-bond acceptors (Lipinski definition) is 4. The van der Waals surface area contributed by atoms with Crippen molar-refractivity contribution >= 4 is 11.6 Å². The van der Waals surface area contributed by atoms with Crippen molar-refractivity contribution in [1.82, 2.24) is 0 Å². The van der Waals surface area contributed by atoms with Crippen LogP contribution < -0.4 is 10.1 Å². The number of benzene rings is 1. The third-order valence-electron chi connectivity index (χ3n) is 3.49. The Balaban J connectivity index is 2.88. The lowest BCUT2D eigenvalue weighted by molar-refractivity contribution is -0.137. The van der Waals surface area contributed by atoms with Crippen LogP contribution in [0.3, 0.4) is 0 Å². The van der Waals surface area contributed by atoms with Gasteiger partial charge in [-0.3, -0.25) is 4.79 Å². The van der Waals surface area contributed by atoms with E-state index in [4.69, 9.17) is 9.47 Å². The van der Waals surface area contributed by atoms with Gasteiger partial charge in [-0.15, -0.1) is 0 Å². The molecule has 5 heteroatoms. The first-order valence-corrected chi connectivity index (χ1v) is 8.00. The van der Waals surface area contributed by atoms with Crippen LogP contribution in [0, 0.1) is 11.3 Å². The standard InChI is InChI=1S/C18H26N2O3/c1-6-10-22-18(4,5)17(21)20-16-9-8-15(11-14(16)12-19)23-13(3)7-2/h8-9,11,13H,6-7,10H2,1-5H3,(H,20,21)/t13-/m0/s1. The Morgan fingerprint density at radius 1 is 1.39 bits per heavy atom. The maximum Gasteiger partial charge on any atom is 0.256 e. The largest absolute Gasteiger partial charge is 0.491 e. The van der Waals surface area contributed by atoms with E-state index in [0.717, 1.165) is 12.8 Å². The molecule has 1 aromatic rings. The van der Waals surface area contributed by atoms with E-state index in [1.807, 2.05) is 20.8 Å². The molecule has 0 spiro atoms. The number of hydrogen-bond donors (Lipinski definition) is 1. The number of ether oxygens (including phenoxy) is 2.